The molecule has 0 unspecified atom stereocenters. The Morgan fingerprint density at radius 3 is 2.33 bits per heavy atom. The van der Waals surface area contributed by atoms with Crippen LogP contribution >= 0.6 is 11.6 Å². The highest BCUT2D eigenvalue weighted by Gasteiger charge is 2.36. The van der Waals surface area contributed by atoms with E-state index in [4.69, 9.17) is 17.3 Å². The van der Waals surface area contributed by atoms with Gasteiger partial charge in [0.15, 0.2) is 0 Å². The zero-order valence-electron chi connectivity index (χ0n) is 10.1. The number of aliphatic hydroxyl groups excluding tert-OH is 1. The van der Waals surface area contributed by atoms with Crippen molar-refractivity contribution in [2.75, 3.05) is 6.61 Å². The molecule has 18 heavy (non-hydrogen) atoms. The Morgan fingerprint density at radius 1 is 1.33 bits per heavy atom. The van der Waals surface area contributed by atoms with Crippen molar-refractivity contribution < 1.29 is 18.3 Å². The van der Waals surface area contributed by atoms with E-state index in [1.807, 2.05) is 0 Å². The van der Waals surface area contributed by atoms with Crippen molar-refractivity contribution in [3.63, 3.8) is 0 Å². The Kier molecular flexibility index (Phi) is 4.30. The Labute approximate surface area is 109 Å². The van der Waals surface area contributed by atoms with Gasteiger partial charge < -0.3 is 10.8 Å². The molecule has 0 aliphatic rings. The zero-order chi connectivity index (χ0) is 14.1. The molecule has 0 spiro atoms. The molecular weight excluding hydrogens is 267 g/mol. The van der Waals surface area contributed by atoms with Gasteiger partial charge in [-0.2, -0.15) is 13.2 Å². The summed E-state index contributed by atoms with van der Waals surface area (Å²) in [6.45, 7) is 3.07. The first-order valence-corrected chi connectivity index (χ1v) is 5.71. The fourth-order valence-electron chi connectivity index (χ4n) is 1.53. The van der Waals surface area contributed by atoms with E-state index in [2.05, 4.69) is 0 Å². The van der Waals surface area contributed by atoms with Crippen LogP contribution in [0, 0.1) is 5.41 Å². The first-order valence-electron chi connectivity index (χ1n) is 5.33. The first-order chi connectivity index (χ1) is 8.11. The summed E-state index contributed by atoms with van der Waals surface area (Å²) >= 11 is 5.77. The van der Waals surface area contributed by atoms with E-state index < -0.39 is 28.2 Å². The van der Waals surface area contributed by atoms with Crippen molar-refractivity contribution in [2.45, 2.75) is 26.1 Å². The Balaban J connectivity index is 3.28. The van der Waals surface area contributed by atoms with Gasteiger partial charge in [0, 0.05) is 18.1 Å². The minimum absolute atomic E-state index is 0.186. The van der Waals surface area contributed by atoms with Crippen molar-refractivity contribution in [3.05, 3.63) is 34.3 Å². The average molecular weight is 282 g/mol. The van der Waals surface area contributed by atoms with Crippen molar-refractivity contribution in [2.24, 2.45) is 11.1 Å². The first kappa shape index (κ1) is 15.3. The molecule has 2 nitrogen and oxygen atoms in total. The molecule has 0 heterocycles. The van der Waals surface area contributed by atoms with Crippen LogP contribution in [0.2, 0.25) is 5.02 Å². The molecular formula is C12H15ClF3NO. The van der Waals surface area contributed by atoms with Crippen molar-refractivity contribution >= 4 is 11.6 Å². The number of aliphatic hydroxyl groups is 1. The van der Waals surface area contributed by atoms with Crippen LogP contribution in [0.3, 0.4) is 0 Å². The molecule has 0 saturated heterocycles. The van der Waals surface area contributed by atoms with E-state index in [0.29, 0.717) is 0 Å². The summed E-state index contributed by atoms with van der Waals surface area (Å²) in [5.41, 5.74) is 4.40. The lowest BCUT2D eigenvalue weighted by Gasteiger charge is -2.30. The average Bonchev–Trinajstić information content (AvgIpc) is 2.27. The minimum Gasteiger partial charge on any atom is -0.396 e. The van der Waals surface area contributed by atoms with E-state index in [9.17, 15) is 18.3 Å². The smallest absolute Gasteiger partial charge is 0.396 e. The summed E-state index contributed by atoms with van der Waals surface area (Å²) in [6.07, 6.45) is -4.52. The number of benzene rings is 1. The van der Waals surface area contributed by atoms with Gasteiger partial charge in [0.2, 0.25) is 0 Å². The van der Waals surface area contributed by atoms with Gasteiger partial charge >= 0.3 is 6.18 Å². The number of hydrogen-bond donors (Lipinski definition) is 2. The monoisotopic (exact) mass is 281 g/mol. The molecule has 1 rings (SSSR count). The fourth-order valence-corrected chi connectivity index (χ4v) is 1.88. The molecule has 1 aromatic rings. The van der Waals surface area contributed by atoms with Crippen LogP contribution in [0.25, 0.3) is 0 Å². The molecule has 6 heteroatoms. The van der Waals surface area contributed by atoms with E-state index in [1.54, 1.807) is 13.8 Å². The van der Waals surface area contributed by atoms with Gasteiger partial charge in [-0.1, -0.05) is 37.6 Å². The lowest BCUT2D eigenvalue weighted by Crippen LogP contribution is -2.32. The van der Waals surface area contributed by atoms with Gasteiger partial charge in [-0.05, 0) is 11.6 Å². The molecule has 3 N–H and O–H groups in total. The zero-order valence-corrected chi connectivity index (χ0v) is 10.8. The van der Waals surface area contributed by atoms with Crippen LogP contribution in [0.4, 0.5) is 13.2 Å². The third-order valence-corrected chi connectivity index (χ3v) is 3.34. The lowest BCUT2D eigenvalue weighted by molar-refractivity contribution is -0.137. The molecule has 0 aromatic heterocycles. The second-order valence-electron chi connectivity index (χ2n) is 4.83. The maximum absolute atomic E-state index is 12.7. The van der Waals surface area contributed by atoms with Crippen LogP contribution in [0.1, 0.15) is 31.0 Å². The summed E-state index contributed by atoms with van der Waals surface area (Å²) < 4.78 is 38.1. The molecule has 102 valence electrons. The molecule has 0 amide bonds. The van der Waals surface area contributed by atoms with E-state index in [-0.39, 0.29) is 12.2 Å². The highest BCUT2D eigenvalue weighted by Crippen LogP contribution is 2.41. The maximum Gasteiger partial charge on any atom is 0.417 e. The second kappa shape index (κ2) is 5.07. The van der Waals surface area contributed by atoms with Gasteiger partial charge in [0.1, 0.15) is 0 Å². The Bertz CT molecular complexity index is 432. The summed E-state index contributed by atoms with van der Waals surface area (Å²) in [7, 11) is 0. The standard InChI is InChI=1S/C12H15ClF3NO/c1-11(2,6-18)10(17)7-4-3-5-8(9(7)13)12(14,15)16/h3-5,10,18H,6,17H2,1-2H3/t10-/m1/s1. The van der Waals surface area contributed by atoms with Gasteiger partial charge in [-0.15, -0.1) is 0 Å². The van der Waals surface area contributed by atoms with Gasteiger partial charge in [0.25, 0.3) is 0 Å². The van der Waals surface area contributed by atoms with Crippen molar-refractivity contribution in [1.29, 1.82) is 0 Å². The molecule has 0 radical (unpaired) electrons. The number of rotatable bonds is 3. The summed E-state index contributed by atoms with van der Waals surface area (Å²) in [4.78, 5) is 0. The normalized spacial score (nSPS) is 14.7. The van der Waals surface area contributed by atoms with E-state index in [1.165, 1.54) is 12.1 Å². The van der Waals surface area contributed by atoms with Gasteiger partial charge in [0.05, 0.1) is 10.6 Å². The number of halogens is 4. The van der Waals surface area contributed by atoms with Crippen molar-refractivity contribution in [1.82, 2.24) is 0 Å². The fraction of sp³-hybridized carbons (Fsp3) is 0.500. The predicted octanol–water partition coefficient (Wildman–Crippen LogP) is 3.38. The highest BCUT2D eigenvalue weighted by atomic mass is 35.5. The number of nitrogens with two attached hydrogens (primary N) is 1. The van der Waals surface area contributed by atoms with Gasteiger partial charge in [-0.3, -0.25) is 0 Å². The molecule has 0 saturated carbocycles. The third-order valence-electron chi connectivity index (χ3n) is 2.92. The number of hydrogen-bond acceptors (Lipinski definition) is 2. The largest absolute Gasteiger partial charge is 0.417 e. The molecule has 1 aromatic carbocycles. The van der Waals surface area contributed by atoms with Crippen molar-refractivity contribution in [3.8, 4) is 0 Å². The van der Waals surface area contributed by atoms with Crippen LogP contribution < -0.4 is 5.73 Å². The van der Waals surface area contributed by atoms with Gasteiger partial charge in [-0.25, -0.2) is 0 Å². The highest BCUT2D eigenvalue weighted by molar-refractivity contribution is 6.32. The van der Waals surface area contributed by atoms with Crippen LogP contribution in [-0.2, 0) is 6.18 Å². The summed E-state index contributed by atoms with van der Waals surface area (Å²) in [6, 6.07) is 2.83. The number of alkyl halides is 3. The third kappa shape index (κ3) is 2.96. The quantitative estimate of drug-likeness (QED) is 0.892. The molecule has 0 fully saturated rings. The second-order valence-corrected chi connectivity index (χ2v) is 5.21. The molecule has 0 bridgehead atoms. The van der Waals surface area contributed by atoms with E-state index in [0.717, 1.165) is 6.07 Å². The van der Waals surface area contributed by atoms with Crippen LogP contribution in [-0.4, -0.2) is 11.7 Å². The predicted molar refractivity (Wildman–Crippen MR) is 64.2 cm³/mol. The Hall–Kier alpha value is -0.780. The topological polar surface area (TPSA) is 46.2 Å². The molecule has 1 atom stereocenters. The molecule has 0 aliphatic heterocycles. The SMILES string of the molecule is CC(C)(CO)[C@H](N)c1cccc(C(F)(F)F)c1Cl. The lowest BCUT2D eigenvalue weighted by atomic mass is 9.81. The van der Waals surface area contributed by atoms with E-state index >= 15 is 0 Å². The molecule has 0 aliphatic carbocycles. The van der Waals surface area contributed by atoms with Crippen LogP contribution in [0.5, 0.6) is 0 Å². The Morgan fingerprint density at radius 2 is 1.89 bits per heavy atom. The minimum atomic E-state index is -4.52. The van der Waals surface area contributed by atoms with Crippen LogP contribution in [0.15, 0.2) is 18.2 Å². The summed E-state index contributed by atoms with van der Waals surface area (Å²) in [5.74, 6) is 0. The maximum atomic E-state index is 12.7. The summed E-state index contributed by atoms with van der Waals surface area (Å²) in [5, 5.41) is 8.80.